The van der Waals surface area contributed by atoms with Crippen LogP contribution in [0.2, 0.25) is 0 Å². The third kappa shape index (κ3) is 3.36. The minimum Gasteiger partial charge on any atom is -0.386 e. The molecule has 24 heavy (non-hydrogen) atoms. The summed E-state index contributed by atoms with van der Waals surface area (Å²) in [5, 5.41) is 18.0. The van der Waals surface area contributed by atoms with E-state index in [-0.39, 0.29) is 24.2 Å². The smallest absolute Gasteiger partial charge is 0.317 e. The first kappa shape index (κ1) is 17.1. The number of rotatable bonds is 3. The van der Waals surface area contributed by atoms with Crippen molar-refractivity contribution in [3.63, 3.8) is 0 Å². The van der Waals surface area contributed by atoms with Crippen LogP contribution in [-0.4, -0.2) is 46.3 Å². The van der Waals surface area contributed by atoms with Crippen molar-refractivity contribution in [2.45, 2.75) is 69.7 Å². The Morgan fingerprint density at radius 1 is 1.25 bits per heavy atom. The number of benzene rings is 1. The van der Waals surface area contributed by atoms with Gasteiger partial charge in [0.25, 0.3) is 0 Å². The standard InChI is InChI=1S/C19H29N3O2/c1-14(2)20-18(23)22-13-11-16(21-15-8-4-3-5-9-15)19(24)12-7-6-10-17(19)22/h3-5,8-9,14,16-17,21,24H,6-7,10-13H2,1-2H3,(H,20,23)/t16?,17?,19-/m0/s1. The molecule has 3 atom stereocenters. The van der Waals surface area contributed by atoms with Crippen molar-refractivity contribution < 1.29 is 9.90 Å². The number of hydrogen-bond acceptors (Lipinski definition) is 3. The maximum atomic E-state index is 12.6. The number of anilines is 1. The first-order chi connectivity index (χ1) is 11.5. The number of piperidine rings is 1. The number of carbonyl (C=O) groups is 1. The maximum absolute atomic E-state index is 12.6. The van der Waals surface area contributed by atoms with Gasteiger partial charge in [-0.25, -0.2) is 4.79 Å². The number of fused-ring (bicyclic) bond motifs is 1. The van der Waals surface area contributed by atoms with Crippen LogP contribution in [0.3, 0.4) is 0 Å². The number of urea groups is 1. The van der Waals surface area contributed by atoms with Gasteiger partial charge in [0.15, 0.2) is 0 Å². The van der Waals surface area contributed by atoms with Crippen molar-refractivity contribution in [2.24, 2.45) is 0 Å². The van der Waals surface area contributed by atoms with Crippen molar-refractivity contribution in [3.8, 4) is 0 Å². The quantitative estimate of drug-likeness (QED) is 0.798. The summed E-state index contributed by atoms with van der Waals surface area (Å²) in [5.41, 5.74) is 0.168. The van der Waals surface area contributed by atoms with E-state index in [2.05, 4.69) is 10.6 Å². The van der Waals surface area contributed by atoms with Crippen molar-refractivity contribution in [2.75, 3.05) is 11.9 Å². The second-order valence-corrected chi connectivity index (χ2v) is 7.40. The molecule has 1 aliphatic heterocycles. The van der Waals surface area contributed by atoms with E-state index in [1.807, 2.05) is 49.1 Å². The molecule has 1 heterocycles. The molecule has 2 fully saturated rings. The molecule has 0 spiro atoms. The second-order valence-electron chi connectivity index (χ2n) is 7.40. The predicted molar refractivity (Wildman–Crippen MR) is 96.0 cm³/mol. The highest BCUT2D eigenvalue weighted by atomic mass is 16.3. The normalized spacial score (nSPS) is 29.9. The molecular formula is C19H29N3O2. The molecule has 132 valence electrons. The second kappa shape index (κ2) is 7.01. The zero-order valence-corrected chi connectivity index (χ0v) is 14.7. The molecule has 0 aromatic heterocycles. The minimum atomic E-state index is -0.860. The highest BCUT2D eigenvalue weighted by Crippen LogP contribution is 2.40. The molecule has 1 saturated carbocycles. The third-order valence-electron chi connectivity index (χ3n) is 5.31. The number of para-hydroxylation sites is 1. The number of hydrogen-bond donors (Lipinski definition) is 3. The molecule has 1 aromatic rings. The summed E-state index contributed by atoms with van der Waals surface area (Å²) in [6.07, 6.45) is 4.45. The lowest BCUT2D eigenvalue weighted by Crippen LogP contribution is -2.69. The lowest BCUT2D eigenvalue weighted by Gasteiger charge is -2.53. The van der Waals surface area contributed by atoms with Crippen molar-refractivity contribution in [3.05, 3.63) is 30.3 Å². The first-order valence-electron chi connectivity index (χ1n) is 9.12. The fourth-order valence-corrected chi connectivity index (χ4v) is 4.17. The Labute approximate surface area is 144 Å². The molecule has 5 heteroatoms. The van der Waals surface area contributed by atoms with Gasteiger partial charge in [-0.3, -0.25) is 0 Å². The fourth-order valence-electron chi connectivity index (χ4n) is 4.17. The Kier molecular flexibility index (Phi) is 4.99. The molecule has 0 radical (unpaired) electrons. The summed E-state index contributed by atoms with van der Waals surface area (Å²) in [5.74, 6) is 0. The van der Waals surface area contributed by atoms with E-state index in [1.54, 1.807) is 0 Å². The largest absolute Gasteiger partial charge is 0.386 e. The van der Waals surface area contributed by atoms with E-state index in [0.717, 1.165) is 37.8 Å². The minimum absolute atomic E-state index is 0.0201. The molecule has 3 rings (SSSR count). The molecule has 3 N–H and O–H groups in total. The van der Waals surface area contributed by atoms with Crippen LogP contribution in [0, 0.1) is 0 Å². The van der Waals surface area contributed by atoms with E-state index >= 15 is 0 Å². The van der Waals surface area contributed by atoms with Gasteiger partial charge in [0.2, 0.25) is 0 Å². The topological polar surface area (TPSA) is 64.6 Å². The third-order valence-corrected chi connectivity index (χ3v) is 5.31. The molecule has 1 aromatic carbocycles. The zero-order chi connectivity index (χ0) is 17.2. The van der Waals surface area contributed by atoms with Crippen LogP contribution in [0.1, 0.15) is 46.0 Å². The molecular weight excluding hydrogens is 302 g/mol. The van der Waals surface area contributed by atoms with E-state index in [0.29, 0.717) is 6.54 Å². The average molecular weight is 331 g/mol. The fraction of sp³-hybridized carbons (Fsp3) is 0.632. The van der Waals surface area contributed by atoms with Crippen LogP contribution in [0.5, 0.6) is 0 Å². The molecule has 1 saturated heterocycles. The van der Waals surface area contributed by atoms with Gasteiger partial charge in [-0.15, -0.1) is 0 Å². The Bertz CT molecular complexity index is 563. The SMILES string of the molecule is CC(C)NC(=O)N1CCC(Nc2ccccc2)[C@@]2(O)CCCCC12. The molecule has 5 nitrogen and oxygen atoms in total. The summed E-state index contributed by atoms with van der Waals surface area (Å²) in [7, 11) is 0. The van der Waals surface area contributed by atoms with E-state index in [9.17, 15) is 9.90 Å². The van der Waals surface area contributed by atoms with Crippen molar-refractivity contribution in [1.82, 2.24) is 10.2 Å². The van der Waals surface area contributed by atoms with Crippen LogP contribution < -0.4 is 10.6 Å². The van der Waals surface area contributed by atoms with E-state index in [4.69, 9.17) is 0 Å². The number of carbonyl (C=O) groups excluding carboxylic acids is 1. The number of nitrogens with zero attached hydrogens (tertiary/aromatic N) is 1. The Morgan fingerprint density at radius 2 is 2.00 bits per heavy atom. The molecule has 2 unspecified atom stereocenters. The van der Waals surface area contributed by atoms with Gasteiger partial charge in [-0.05, 0) is 45.2 Å². The number of aliphatic hydroxyl groups is 1. The summed E-state index contributed by atoms with van der Waals surface area (Å²) < 4.78 is 0. The molecule has 1 aliphatic carbocycles. The number of nitrogens with one attached hydrogen (secondary N) is 2. The lowest BCUT2D eigenvalue weighted by molar-refractivity contribution is -0.0970. The van der Waals surface area contributed by atoms with Crippen molar-refractivity contribution >= 4 is 11.7 Å². The maximum Gasteiger partial charge on any atom is 0.317 e. The Morgan fingerprint density at radius 3 is 2.71 bits per heavy atom. The summed E-state index contributed by atoms with van der Waals surface area (Å²) in [4.78, 5) is 14.4. The number of likely N-dealkylation sites (tertiary alicyclic amines) is 1. The molecule has 0 bridgehead atoms. The van der Waals surface area contributed by atoms with Gasteiger partial charge in [0.1, 0.15) is 5.60 Å². The average Bonchev–Trinajstić information content (AvgIpc) is 2.55. The van der Waals surface area contributed by atoms with E-state index < -0.39 is 5.60 Å². The number of amides is 2. The summed E-state index contributed by atoms with van der Waals surface area (Å²) in [6, 6.07) is 9.96. The highest BCUT2D eigenvalue weighted by molar-refractivity contribution is 5.75. The zero-order valence-electron chi connectivity index (χ0n) is 14.7. The summed E-state index contributed by atoms with van der Waals surface area (Å²) >= 11 is 0. The van der Waals surface area contributed by atoms with Crippen LogP contribution in [0.25, 0.3) is 0 Å². The van der Waals surface area contributed by atoms with Crippen LogP contribution in [0.15, 0.2) is 30.3 Å². The first-order valence-corrected chi connectivity index (χ1v) is 9.12. The van der Waals surface area contributed by atoms with Crippen LogP contribution in [-0.2, 0) is 0 Å². The van der Waals surface area contributed by atoms with Gasteiger partial charge in [-0.1, -0.05) is 31.0 Å². The van der Waals surface area contributed by atoms with Crippen LogP contribution >= 0.6 is 0 Å². The molecule has 2 aliphatic rings. The Hall–Kier alpha value is -1.75. The summed E-state index contributed by atoms with van der Waals surface area (Å²) in [6.45, 7) is 4.61. The van der Waals surface area contributed by atoms with Gasteiger partial charge < -0.3 is 20.6 Å². The lowest BCUT2D eigenvalue weighted by atomic mass is 9.71. The van der Waals surface area contributed by atoms with Gasteiger partial charge in [0, 0.05) is 18.3 Å². The van der Waals surface area contributed by atoms with Crippen molar-refractivity contribution in [1.29, 1.82) is 0 Å². The monoisotopic (exact) mass is 331 g/mol. The van der Waals surface area contributed by atoms with Gasteiger partial charge in [-0.2, -0.15) is 0 Å². The van der Waals surface area contributed by atoms with E-state index in [1.165, 1.54) is 0 Å². The van der Waals surface area contributed by atoms with Gasteiger partial charge in [0.05, 0.1) is 12.1 Å². The Balaban J connectivity index is 1.79. The predicted octanol–water partition coefficient (Wildman–Crippen LogP) is 2.96. The molecule has 2 amide bonds. The highest BCUT2D eigenvalue weighted by Gasteiger charge is 2.52. The van der Waals surface area contributed by atoms with Crippen LogP contribution in [0.4, 0.5) is 10.5 Å². The van der Waals surface area contributed by atoms with Gasteiger partial charge >= 0.3 is 6.03 Å².